The second-order valence-corrected chi connectivity index (χ2v) is 4.12. The lowest BCUT2D eigenvalue weighted by Crippen LogP contribution is -2.20. The first kappa shape index (κ1) is 9.00. The molecule has 1 heterocycles. The van der Waals surface area contributed by atoms with Crippen LogP contribution in [0.3, 0.4) is 0 Å². The Kier molecular flexibility index (Phi) is 2.12. The Morgan fingerprint density at radius 2 is 1.86 bits per heavy atom. The zero-order chi connectivity index (χ0) is 10.0. The summed E-state index contributed by atoms with van der Waals surface area (Å²) in [4.78, 5) is 0. The molecule has 0 saturated heterocycles. The Morgan fingerprint density at radius 3 is 2.50 bits per heavy atom. The molecule has 0 spiro atoms. The lowest BCUT2D eigenvalue weighted by atomic mass is 9.92. The zero-order valence-corrected chi connectivity index (χ0v) is 8.49. The van der Waals surface area contributed by atoms with Crippen LogP contribution in [-0.4, -0.2) is 6.21 Å². The van der Waals surface area contributed by atoms with E-state index in [2.05, 4.69) is 42.6 Å². The molecule has 0 amide bonds. The summed E-state index contributed by atoms with van der Waals surface area (Å²) in [5, 5.41) is 4.14. The first-order chi connectivity index (χ1) is 6.67. The number of nitrogens with zero attached hydrogens (tertiary/aromatic N) is 1. The molecule has 72 valence electrons. The molecule has 0 bridgehead atoms. The third-order valence-electron chi connectivity index (χ3n) is 2.18. The first-order valence-electron chi connectivity index (χ1n) is 4.76. The average Bonchev–Trinajstić information content (AvgIpc) is 2.18. The van der Waals surface area contributed by atoms with Crippen LogP contribution in [0.25, 0.3) is 5.70 Å². The van der Waals surface area contributed by atoms with E-state index in [1.165, 1.54) is 5.56 Å². The fourth-order valence-corrected chi connectivity index (χ4v) is 1.48. The Labute approximate surface area is 84.3 Å². The summed E-state index contributed by atoms with van der Waals surface area (Å²) < 4.78 is 0. The molecule has 0 aliphatic carbocycles. The first-order valence-corrected chi connectivity index (χ1v) is 4.76. The van der Waals surface area contributed by atoms with Gasteiger partial charge in [0.05, 0.1) is 5.70 Å². The summed E-state index contributed by atoms with van der Waals surface area (Å²) in [6, 6.07) is 10.2. The molecule has 14 heavy (non-hydrogen) atoms. The molecule has 0 radical (unpaired) electrons. The largest absolute Gasteiger partial charge is 0.278 e. The molecule has 1 N–H and O–H groups in total. The Balaban J connectivity index is 2.33. The van der Waals surface area contributed by atoms with E-state index in [4.69, 9.17) is 0 Å². The van der Waals surface area contributed by atoms with Crippen molar-refractivity contribution < 1.29 is 0 Å². The standard InChI is InChI=1S/C12H14N2/c1-12(2)8-11(14-13-9-12)10-6-4-3-5-7-10/h3-9,14H,1-2H3. The van der Waals surface area contributed by atoms with E-state index in [1.54, 1.807) is 0 Å². The van der Waals surface area contributed by atoms with Crippen molar-refractivity contribution in [3.05, 3.63) is 42.0 Å². The molecular weight excluding hydrogens is 172 g/mol. The van der Waals surface area contributed by atoms with Crippen molar-refractivity contribution in [1.82, 2.24) is 5.43 Å². The van der Waals surface area contributed by atoms with Crippen LogP contribution in [0.2, 0.25) is 0 Å². The second kappa shape index (κ2) is 3.29. The summed E-state index contributed by atoms with van der Waals surface area (Å²) >= 11 is 0. The molecule has 0 saturated carbocycles. The summed E-state index contributed by atoms with van der Waals surface area (Å²) in [6.45, 7) is 4.28. The minimum atomic E-state index is 0.0381. The summed E-state index contributed by atoms with van der Waals surface area (Å²) in [5.74, 6) is 0. The highest BCUT2D eigenvalue weighted by Gasteiger charge is 2.17. The maximum atomic E-state index is 4.14. The molecule has 1 aromatic rings. The minimum Gasteiger partial charge on any atom is -0.278 e. The number of rotatable bonds is 1. The summed E-state index contributed by atoms with van der Waals surface area (Å²) in [7, 11) is 0. The van der Waals surface area contributed by atoms with Crippen LogP contribution in [0, 0.1) is 5.41 Å². The molecule has 1 aliphatic rings. The van der Waals surface area contributed by atoms with Gasteiger partial charge in [-0.25, -0.2) is 0 Å². The Bertz CT molecular complexity index is 375. The fraction of sp³-hybridized carbons (Fsp3) is 0.250. The molecule has 1 aromatic carbocycles. The van der Waals surface area contributed by atoms with E-state index in [0.29, 0.717) is 0 Å². The van der Waals surface area contributed by atoms with Gasteiger partial charge in [-0.1, -0.05) is 44.2 Å². The quantitative estimate of drug-likeness (QED) is 0.716. The van der Waals surface area contributed by atoms with Crippen LogP contribution in [0.15, 0.2) is 41.5 Å². The van der Waals surface area contributed by atoms with Gasteiger partial charge in [0.15, 0.2) is 0 Å². The maximum absolute atomic E-state index is 4.14. The normalized spacial score (nSPS) is 18.6. The molecule has 0 atom stereocenters. The Morgan fingerprint density at radius 1 is 1.14 bits per heavy atom. The van der Waals surface area contributed by atoms with Crippen molar-refractivity contribution in [2.45, 2.75) is 13.8 Å². The monoisotopic (exact) mass is 186 g/mol. The van der Waals surface area contributed by atoms with Gasteiger partial charge in [-0.2, -0.15) is 5.10 Å². The van der Waals surface area contributed by atoms with Crippen molar-refractivity contribution in [3.63, 3.8) is 0 Å². The number of hydrazone groups is 1. The smallest absolute Gasteiger partial charge is 0.0603 e. The molecule has 2 heteroatoms. The molecular formula is C12H14N2. The molecule has 0 unspecified atom stereocenters. The van der Waals surface area contributed by atoms with Crippen LogP contribution >= 0.6 is 0 Å². The van der Waals surface area contributed by atoms with Crippen molar-refractivity contribution in [2.75, 3.05) is 0 Å². The highest BCUT2D eigenvalue weighted by molar-refractivity contribution is 5.77. The van der Waals surface area contributed by atoms with Crippen molar-refractivity contribution in [1.29, 1.82) is 0 Å². The second-order valence-electron chi connectivity index (χ2n) is 4.12. The van der Waals surface area contributed by atoms with Gasteiger partial charge in [0.25, 0.3) is 0 Å². The highest BCUT2D eigenvalue weighted by atomic mass is 15.3. The number of hydrogen-bond donors (Lipinski definition) is 1. The van der Waals surface area contributed by atoms with Crippen LogP contribution < -0.4 is 5.43 Å². The Hall–Kier alpha value is -1.57. The molecule has 0 aromatic heterocycles. The lowest BCUT2D eigenvalue weighted by Gasteiger charge is -2.21. The van der Waals surface area contributed by atoms with Crippen LogP contribution in [-0.2, 0) is 0 Å². The van der Waals surface area contributed by atoms with E-state index >= 15 is 0 Å². The van der Waals surface area contributed by atoms with Crippen molar-refractivity contribution in [3.8, 4) is 0 Å². The minimum absolute atomic E-state index is 0.0381. The van der Waals surface area contributed by atoms with E-state index in [0.717, 1.165) is 5.70 Å². The van der Waals surface area contributed by atoms with E-state index < -0.39 is 0 Å². The van der Waals surface area contributed by atoms with Crippen LogP contribution in [0.4, 0.5) is 0 Å². The van der Waals surface area contributed by atoms with Crippen LogP contribution in [0.5, 0.6) is 0 Å². The maximum Gasteiger partial charge on any atom is 0.0603 e. The summed E-state index contributed by atoms with van der Waals surface area (Å²) in [6.07, 6.45) is 4.11. The van der Waals surface area contributed by atoms with Gasteiger partial charge in [0, 0.05) is 11.6 Å². The van der Waals surface area contributed by atoms with Gasteiger partial charge in [-0.05, 0) is 11.6 Å². The van der Waals surface area contributed by atoms with Gasteiger partial charge in [0.2, 0.25) is 0 Å². The van der Waals surface area contributed by atoms with Gasteiger partial charge < -0.3 is 0 Å². The van der Waals surface area contributed by atoms with Gasteiger partial charge in [0.1, 0.15) is 0 Å². The van der Waals surface area contributed by atoms with Gasteiger partial charge in [-0.3, -0.25) is 5.43 Å². The lowest BCUT2D eigenvalue weighted by molar-refractivity contribution is 0.668. The van der Waals surface area contributed by atoms with Crippen molar-refractivity contribution in [2.24, 2.45) is 10.5 Å². The SMILES string of the molecule is CC1(C)C=NNC(c2ccccc2)=C1. The van der Waals surface area contributed by atoms with Gasteiger partial charge in [-0.15, -0.1) is 0 Å². The van der Waals surface area contributed by atoms with Crippen LogP contribution in [0.1, 0.15) is 19.4 Å². The van der Waals surface area contributed by atoms with E-state index in [1.807, 2.05) is 24.4 Å². The van der Waals surface area contributed by atoms with E-state index in [9.17, 15) is 0 Å². The molecule has 1 aliphatic heterocycles. The number of hydrogen-bond acceptors (Lipinski definition) is 2. The predicted molar refractivity (Wildman–Crippen MR) is 59.8 cm³/mol. The van der Waals surface area contributed by atoms with Gasteiger partial charge >= 0.3 is 0 Å². The topological polar surface area (TPSA) is 24.4 Å². The number of nitrogens with one attached hydrogen (secondary N) is 1. The number of benzene rings is 1. The zero-order valence-electron chi connectivity index (χ0n) is 8.49. The highest BCUT2D eigenvalue weighted by Crippen LogP contribution is 2.23. The molecule has 2 rings (SSSR count). The third-order valence-corrected chi connectivity index (χ3v) is 2.18. The molecule has 2 nitrogen and oxygen atoms in total. The predicted octanol–water partition coefficient (Wildman–Crippen LogP) is 2.64. The fourth-order valence-electron chi connectivity index (χ4n) is 1.48. The average molecular weight is 186 g/mol. The molecule has 0 fully saturated rings. The van der Waals surface area contributed by atoms with Crippen molar-refractivity contribution >= 4 is 11.9 Å². The number of allylic oxidation sites excluding steroid dienone is 1. The summed E-state index contributed by atoms with van der Waals surface area (Å²) in [5.41, 5.74) is 5.32. The third kappa shape index (κ3) is 1.84. The van der Waals surface area contributed by atoms with E-state index in [-0.39, 0.29) is 5.41 Å².